The number of likely N-dealkylation sites (tertiary alicyclic amines) is 1. The second-order valence-corrected chi connectivity index (χ2v) is 5.56. The van der Waals surface area contributed by atoms with Gasteiger partial charge in [-0.05, 0) is 38.4 Å². The highest BCUT2D eigenvalue weighted by atomic mass is 16.5. The van der Waals surface area contributed by atoms with Crippen molar-refractivity contribution in [2.45, 2.75) is 45.2 Å². The minimum absolute atomic E-state index is 0.237. The molecule has 21 heavy (non-hydrogen) atoms. The van der Waals surface area contributed by atoms with Gasteiger partial charge in [-0.2, -0.15) is 0 Å². The Morgan fingerprint density at radius 1 is 1.38 bits per heavy atom. The fourth-order valence-corrected chi connectivity index (χ4v) is 2.80. The third-order valence-corrected chi connectivity index (χ3v) is 3.88. The van der Waals surface area contributed by atoms with Crippen LogP contribution in [0.1, 0.15) is 48.7 Å². The summed E-state index contributed by atoms with van der Waals surface area (Å²) in [6, 6.07) is 3.90. The molecule has 1 aromatic heterocycles. The van der Waals surface area contributed by atoms with Gasteiger partial charge >= 0.3 is 5.97 Å². The van der Waals surface area contributed by atoms with E-state index in [1.807, 2.05) is 6.07 Å². The van der Waals surface area contributed by atoms with Gasteiger partial charge in [-0.3, -0.25) is 14.7 Å². The normalized spacial score (nSPS) is 19.2. The predicted octanol–water partition coefficient (Wildman–Crippen LogP) is 2.20. The molecular weight excluding hydrogens is 268 g/mol. The lowest BCUT2D eigenvalue weighted by molar-refractivity contribution is -0.118. The number of hydrogen-bond donors (Lipinski definition) is 0. The van der Waals surface area contributed by atoms with Crippen molar-refractivity contribution in [3.8, 4) is 0 Å². The Morgan fingerprint density at radius 3 is 2.81 bits per heavy atom. The van der Waals surface area contributed by atoms with E-state index in [1.165, 1.54) is 13.5 Å². The van der Waals surface area contributed by atoms with E-state index in [0.29, 0.717) is 18.0 Å². The van der Waals surface area contributed by atoms with E-state index >= 15 is 0 Å². The summed E-state index contributed by atoms with van der Waals surface area (Å²) in [6.07, 6.45) is 5.57. The average molecular weight is 290 g/mol. The number of methoxy groups -OCH3 is 1. The van der Waals surface area contributed by atoms with Crippen LogP contribution in [0.3, 0.4) is 0 Å². The average Bonchev–Trinajstić information content (AvgIpc) is 2.49. The SMILES string of the molecule is COC(=O)c1ccc(CN2CCCCC2CC(C)=O)nc1. The van der Waals surface area contributed by atoms with Crippen molar-refractivity contribution >= 4 is 11.8 Å². The van der Waals surface area contributed by atoms with Crippen LogP contribution in [0, 0.1) is 0 Å². The first-order valence-electron chi connectivity index (χ1n) is 7.37. The Kier molecular flexibility index (Phi) is 5.44. The Hall–Kier alpha value is -1.75. The maximum absolute atomic E-state index is 11.4. The number of nitrogens with zero attached hydrogens (tertiary/aromatic N) is 2. The van der Waals surface area contributed by atoms with E-state index in [9.17, 15) is 9.59 Å². The van der Waals surface area contributed by atoms with E-state index in [1.54, 1.807) is 19.2 Å². The number of carbonyl (C=O) groups is 2. The number of aromatic nitrogens is 1. The van der Waals surface area contributed by atoms with Crippen LogP contribution < -0.4 is 0 Å². The molecule has 1 unspecified atom stereocenters. The Labute approximate surface area is 125 Å². The van der Waals surface area contributed by atoms with Crippen molar-refractivity contribution in [1.82, 2.24) is 9.88 Å². The molecular formula is C16H22N2O3. The molecule has 2 rings (SSSR count). The number of rotatable bonds is 5. The van der Waals surface area contributed by atoms with E-state index in [4.69, 9.17) is 0 Å². The number of piperidine rings is 1. The van der Waals surface area contributed by atoms with Crippen LogP contribution in [-0.2, 0) is 16.1 Å². The number of hydrogen-bond acceptors (Lipinski definition) is 5. The lowest BCUT2D eigenvalue weighted by atomic mass is 9.97. The summed E-state index contributed by atoms with van der Waals surface area (Å²) in [5, 5.41) is 0. The van der Waals surface area contributed by atoms with Gasteiger partial charge < -0.3 is 4.74 Å². The fraction of sp³-hybridized carbons (Fsp3) is 0.562. The summed E-state index contributed by atoms with van der Waals surface area (Å²) in [7, 11) is 1.36. The third kappa shape index (κ3) is 4.36. The Balaban J connectivity index is 2.01. The largest absolute Gasteiger partial charge is 0.465 e. The first-order valence-corrected chi connectivity index (χ1v) is 7.37. The first kappa shape index (κ1) is 15.6. The van der Waals surface area contributed by atoms with Gasteiger partial charge in [0.15, 0.2) is 0 Å². The zero-order chi connectivity index (χ0) is 15.2. The molecule has 0 saturated carbocycles. The highest BCUT2D eigenvalue weighted by molar-refractivity contribution is 5.88. The van der Waals surface area contributed by atoms with E-state index in [0.717, 1.165) is 31.6 Å². The Morgan fingerprint density at radius 2 is 2.19 bits per heavy atom. The molecule has 1 aliphatic rings. The van der Waals surface area contributed by atoms with E-state index in [-0.39, 0.29) is 11.8 Å². The molecule has 0 spiro atoms. The molecule has 0 radical (unpaired) electrons. The first-order chi connectivity index (χ1) is 10.1. The maximum Gasteiger partial charge on any atom is 0.339 e. The highest BCUT2D eigenvalue weighted by Crippen LogP contribution is 2.21. The number of ketones is 1. The summed E-state index contributed by atoms with van der Waals surface area (Å²) >= 11 is 0. The molecule has 1 aliphatic heterocycles. The number of Topliss-reactive ketones (excluding diaryl/α,β-unsaturated/α-hetero) is 1. The van der Waals surface area contributed by atoms with Crippen molar-refractivity contribution in [3.05, 3.63) is 29.6 Å². The van der Waals surface area contributed by atoms with Crippen LogP contribution in [-0.4, -0.2) is 41.3 Å². The summed E-state index contributed by atoms with van der Waals surface area (Å²) in [4.78, 5) is 29.4. The summed E-state index contributed by atoms with van der Waals surface area (Å²) < 4.78 is 4.66. The zero-order valence-corrected chi connectivity index (χ0v) is 12.7. The van der Waals surface area contributed by atoms with Crippen LogP contribution in [0.5, 0.6) is 0 Å². The monoisotopic (exact) mass is 290 g/mol. The molecule has 1 saturated heterocycles. The third-order valence-electron chi connectivity index (χ3n) is 3.88. The molecule has 0 aromatic carbocycles. The molecule has 5 heteroatoms. The number of pyridine rings is 1. The summed E-state index contributed by atoms with van der Waals surface area (Å²) in [5.74, 6) is -0.137. The molecule has 0 amide bonds. The summed E-state index contributed by atoms with van der Waals surface area (Å²) in [6.45, 7) is 3.37. The minimum Gasteiger partial charge on any atom is -0.465 e. The lowest BCUT2D eigenvalue weighted by Crippen LogP contribution is -2.40. The fourth-order valence-electron chi connectivity index (χ4n) is 2.80. The molecule has 5 nitrogen and oxygen atoms in total. The molecule has 1 aromatic rings. The van der Waals surface area contributed by atoms with Gasteiger partial charge in [0.25, 0.3) is 0 Å². The summed E-state index contributed by atoms with van der Waals surface area (Å²) in [5.41, 5.74) is 1.37. The van der Waals surface area contributed by atoms with Crippen molar-refractivity contribution in [3.63, 3.8) is 0 Å². The molecule has 1 fully saturated rings. The molecule has 114 valence electrons. The maximum atomic E-state index is 11.4. The van der Waals surface area contributed by atoms with Crippen LogP contribution in [0.15, 0.2) is 18.3 Å². The standard InChI is InChI=1S/C16H22N2O3/c1-12(19)9-15-5-3-4-8-18(15)11-14-7-6-13(10-17-14)16(20)21-2/h6-7,10,15H,3-5,8-9,11H2,1-2H3. The van der Waals surface area contributed by atoms with Crippen molar-refractivity contribution < 1.29 is 14.3 Å². The van der Waals surface area contributed by atoms with E-state index < -0.39 is 0 Å². The van der Waals surface area contributed by atoms with Crippen molar-refractivity contribution in [2.24, 2.45) is 0 Å². The smallest absolute Gasteiger partial charge is 0.339 e. The lowest BCUT2D eigenvalue weighted by Gasteiger charge is -2.35. The van der Waals surface area contributed by atoms with Crippen LogP contribution >= 0.6 is 0 Å². The van der Waals surface area contributed by atoms with E-state index in [2.05, 4.69) is 14.6 Å². The van der Waals surface area contributed by atoms with Gasteiger partial charge in [0.2, 0.25) is 0 Å². The van der Waals surface area contributed by atoms with Gasteiger partial charge in [-0.1, -0.05) is 6.42 Å². The van der Waals surface area contributed by atoms with Gasteiger partial charge in [0.1, 0.15) is 5.78 Å². The highest BCUT2D eigenvalue weighted by Gasteiger charge is 2.23. The molecule has 0 aliphatic carbocycles. The molecule has 2 heterocycles. The number of ether oxygens (including phenoxy) is 1. The van der Waals surface area contributed by atoms with Crippen LogP contribution in [0.25, 0.3) is 0 Å². The van der Waals surface area contributed by atoms with Gasteiger partial charge in [0.05, 0.1) is 18.4 Å². The van der Waals surface area contributed by atoms with Gasteiger partial charge in [-0.25, -0.2) is 4.79 Å². The van der Waals surface area contributed by atoms with Gasteiger partial charge in [-0.15, -0.1) is 0 Å². The Bertz CT molecular complexity index is 499. The van der Waals surface area contributed by atoms with Crippen LogP contribution in [0.2, 0.25) is 0 Å². The van der Waals surface area contributed by atoms with Crippen molar-refractivity contribution in [2.75, 3.05) is 13.7 Å². The topological polar surface area (TPSA) is 59.5 Å². The molecule has 0 N–H and O–H groups in total. The molecule has 1 atom stereocenters. The minimum atomic E-state index is -0.374. The zero-order valence-electron chi connectivity index (χ0n) is 12.7. The van der Waals surface area contributed by atoms with Crippen LogP contribution in [0.4, 0.5) is 0 Å². The number of carbonyl (C=O) groups excluding carboxylic acids is 2. The number of esters is 1. The van der Waals surface area contributed by atoms with Crippen molar-refractivity contribution in [1.29, 1.82) is 0 Å². The molecule has 0 bridgehead atoms. The second kappa shape index (κ2) is 7.31. The van der Waals surface area contributed by atoms with Gasteiger partial charge in [0, 0.05) is 25.2 Å². The second-order valence-electron chi connectivity index (χ2n) is 5.56. The quantitative estimate of drug-likeness (QED) is 0.778. The predicted molar refractivity (Wildman–Crippen MR) is 78.9 cm³/mol.